The van der Waals surface area contributed by atoms with Gasteiger partial charge >= 0.3 is 0 Å². The third-order valence-electron chi connectivity index (χ3n) is 5.88. The van der Waals surface area contributed by atoms with Gasteiger partial charge in [-0.15, -0.1) is 11.3 Å². The summed E-state index contributed by atoms with van der Waals surface area (Å²) < 4.78 is 0. The highest BCUT2D eigenvalue weighted by Crippen LogP contribution is 2.31. The monoisotopic (exact) mass is 433 g/mol. The van der Waals surface area contributed by atoms with E-state index in [0.29, 0.717) is 31.7 Å². The number of nitrogens with one attached hydrogen (secondary N) is 1. The largest absolute Gasteiger partial charge is 0.356 e. The molecule has 1 amide bonds. The first-order valence-corrected chi connectivity index (χ1v) is 11.0. The molecule has 0 aliphatic carbocycles. The Kier molecular flexibility index (Phi) is 4.91. The summed E-state index contributed by atoms with van der Waals surface area (Å²) in [7, 11) is 1.75. The van der Waals surface area contributed by atoms with E-state index in [0.717, 1.165) is 27.4 Å². The van der Waals surface area contributed by atoms with Crippen molar-refractivity contribution < 1.29 is 4.79 Å². The van der Waals surface area contributed by atoms with Gasteiger partial charge in [0.05, 0.1) is 10.9 Å². The fraction of sp³-hybridized carbons (Fsp3) is 0.273. The lowest BCUT2D eigenvalue weighted by Gasteiger charge is -2.40. The van der Waals surface area contributed by atoms with Crippen molar-refractivity contribution in [3.8, 4) is 10.6 Å². The number of benzene rings is 1. The van der Waals surface area contributed by atoms with Gasteiger partial charge in [0.1, 0.15) is 28.6 Å². The molecule has 0 radical (unpaired) electrons. The summed E-state index contributed by atoms with van der Waals surface area (Å²) in [4.78, 5) is 33.5. The van der Waals surface area contributed by atoms with Crippen LogP contribution in [0.25, 0.3) is 21.6 Å². The van der Waals surface area contributed by atoms with Gasteiger partial charge in [0.2, 0.25) is 5.91 Å². The van der Waals surface area contributed by atoms with E-state index in [1.807, 2.05) is 48.0 Å². The molecule has 158 valence electrons. The highest BCUT2D eigenvalue weighted by molar-refractivity contribution is 7.13. The number of nitrogens with zero attached hydrogens (tertiary/aromatic N) is 5. The number of H-pyrrole nitrogens is 1. The number of carbonyl (C=O) groups excluding carboxylic acids is 1. The van der Waals surface area contributed by atoms with Crippen LogP contribution in [-0.2, 0) is 4.79 Å². The van der Waals surface area contributed by atoms with Gasteiger partial charge < -0.3 is 15.6 Å². The molecule has 1 fully saturated rings. The van der Waals surface area contributed by atoms with Gasteiger partial charge in [-0.05, 0) is 18.9 Å². The smallest absolute Gasteiger partial charge is 0.248 e. The minimum atomic E-state index is -0.925. The highest BCUT2D eigenvalue weighted by Gasteiger charge is 2.40. The van der Waals surface area contributed by atoms with Crippen LogP contribution in [0.3, 0.4) is 0 Å². The van der Waals surface area contributed by atoms with E-state index >= 15 is 0 Å². The fourth-order valence-electron chi connectivity index (χ4n) is 4.01. The standard InChI is InChI=1S/C22H23N7OS/c1-28(17-13-31-20(27-17)15-5-3-2-4-6-15)21(30)22(23)8-11-29(12-9-22)19-16-7-10-24-18(16)25-14-26-19/h2-7,10,13-14H,8-9,11-12,23H2,1H3,(H,24,25,26). The molecule has 9 heteroatoms. The zero-order valence-electron chi connectivity index (χ0n) is 17.2. The molecule has 0 spiro atoms. The molecule has 0 bridgehead atoms. The van der Waals surface area contributed by atoms with Gasteiger partial charge in [0.15, 0.2) is 0 Å². The molecule has 3 N–H and O–H groups in total. The Bertz CT molecular complexity index is 1210. The second kappa shape index (κ2) is 7.75. The van der Waals surface area contributed by atoms with Crippen LogP contribution in [0.2, 0.25) is 0 Å². The molecule has 3 aromatic heterocycles. The molecule has 0 atom stereocenters. The maximum absolute atomic E-state index is 13.3. The van der Waals surface area contributed by atoms with Gasteiger partial charge in [-0.25, -0.2) is 15.0 Å². The van der Waals surface area contributed by atoms with Gasteiger partial charge in [0, 0.05) is 37.3 Å². The van der Waals surface area contributed by atoms with Gasteiger partial charge in [-0.2, -0.15) is 0 Å². The Morgan fingerprint density at radius 3 is 2.74 bits per heavy atom. The van der Waals surface area contributed by atoms with Crippen LogP contribution in [0.5, 0.6) is 0 Å². The Hall–Kier alpha value is -3.30. The summed E-state index contributed by atoms with van der Waals surface area (Å²) >= 11 is 1.52. The number of nitrogens with two attached hydrogens (primary N) is 1. The number of anilines is 2. The van der Waals surface area contributed by atoms with E-state index in [2.05, 4.69) is 24.8 Å². The van der Waals surface area contributed by atoms with Gasteiger partial charge in [-0.3, -0.25) is 9.69 Å². The number of rotatable bonds is 4. The van der Waals surface area contributed by atoms with Crippen molar-refractivity contribution in [1.29, 1.82) is 0 Å². The number of piperidine rings is 1. The fourth-order valence-corrected chi connectivity index (χ4v) is 4.86. The molecule has 0 saturated carbocycles. The van der Waals surface area contributed by atoms with E-state index in [9.17, 15) is 4.79 Å². The lowest BCUT2D eigenvalue weighted by Crippen LogP contribution is -2.60. The lowest BCUT2D eigenvalue weighted by molar-refractivity contribution is -0.124. The van der Waals surface area contributed by atoms with Gasteiger partial charge in [0.25, 0.3) is 0 Å². The highest BCUT2D eigenvalue weighted by atomic mass is 32.1. The third kappa shape index (κ3) is 3.55. The Balaban J connectivity index is 1.30. The summed E-state index contributed by atoms with van der Waals surface area (Å²) in [6, 6.07) is 11.9. The average molecular weight is 434 g/mol. The zero-order chi connectivity index (χ0) is 21.4. The summed E-state index contributed by atoms with van der Waals surface area (Å²) in [6.07, 6.45) is 4.50. The summed E-state index contributed by atoms with van der Waals surface area (Å²) in [5.74, 6) is 1.40. The number of fused-ring (bicyclic) bond motifs is 1. The van der Waals surface area contributed by atoms with Crippen molar-refractivity contribution in [2.75, 3.05) is 29.9 Å². The van der Waals surface area contributed by atoms with Crippen molar-refractivity contribution in [1.82, 2.24) is 19.9 Å². The van der Waals surface area contributed by atoms with Crippen LogP contribution < -0.4 is 15.5 Å². The average Bonchev–Trinajstić information content (AvgIpc) is 3.49. The molecule has 31 heavy (non-hydrogen) atoms. The third-order valence-corrected chi connectivity index (χ3v) is 6.75. The predicted molar refractivity (Wildman–Crippen MR) is 123 cm³/mol. The molecule has 1 aliphatic heterocycles. The number of thiazole rings is 1. The maximum Gasteiger partial charge on any atom is 0.248 e. The Labute approximate surface area is 183 Å². The van der Waals surface area contributed by atoms with Crippen LogP contribution in [0.1, 0.15) is 12.8 Å². The van der Waals surface area contributed by atoms with Crippen molar-refractivity contribution in [2.24, 2.45) is 5.73 Å². The van der Waals surface area contributed by atoms with Crippen LogP contribution in [0, 0.1) is 0 Å². The normalized spacial score (nSPS) is 15.9. The van der Waals surface area contributed by atoms with Crippen molar-refractivity contribution in [2.45, 2.75) is 18.4 Å². The first-order valence-electron chi connectivity index (χ1n) is 10.2. The van der Waals surface area contributed by atoms with Crippen molar-refractivity contribution in [3.05, 3.63) is 54.3 Å². The van der Waals surface area contributed by atoms with Gasteiger partial charge in [-0.1, -0.05) is 30.3 Å². The SMILES string of the molecule is CN(C(=O)C1(N)CCN(c2ncnc3[nH]ccc23)CC1)c1csc(-c2ccccc2)n1. The molecular weight excluding hydrogens is 410 g/mol. The van der Waals surface area contributed by atoms with E-state index in [1.165, 1.54) is 11.3 Å². The minimum absolute atomic E-state index is 0.105. The quantitative estimate of drug-likeness (QED) is 0.513. The summed E-state index contributed by atoms with van der Waals surface area (Å²) in [6.45, 7) is 1.30. The number of aromatic amines is 1. The topological polar surface area (TPSA) is 104 Å². The van der Waals surface area contributed by atoms with Crippen molar-refractivity contribution in [3.63, 3.8) is 0 Å². The van der Waals surface area contributed by atoms with Crippen LogP contribution >= 0.6 is 11.3 Å². The Morgan fingerprint density at radius 2 is 1.97 bits per heavy atom. The zero-order valence-corrected chi connectivity index (χ0v) is 18.0. The van der Waals surface area contributed by atoms with Crippen LogP contribution in [0.15, 0.2) is 54.3 Å². The number of likely N-dealkylation sites (N-methyl/N-ethyl adjacent to an activating group) is 1. The second-order valence-corrected chi connectivity index (χ2v) is 8.68. The molecule has 4 aromatic rings. The molecular formula is C22H23N7OS. The molecule has 5 rings (SSSR count). The first kappa shape index (κ1) is 19.7. The lowest BCUT2D eigenvalue weighted by atomic mass is 9.87. The van der Waals surface area contributed by atoms with Crippen molar-refractivity contribution >= 4 is 39.9 Å². The van der Waals surface area contributed by atoms with E-state index in [4.69, 9.17) is 5.73 Å². The molecule has 1 saturated heterocycles. The number of hydrogen-bond acceptors (Lipinski definition) is 7. The van der Waals surface area contributed by atoms with Crippen LogP contribution in [0.4, 0.5) is 11.6 Å². The predicted octanol–water partition coefficient (Wildman–Crippen LogP) is 3.04. The Morgan fingerprint density at radius 1 is 1.19 bits per heavy atom. The molecule has 4 heterocycles. The first-order chi connectivity index (χ1) is 15.0. The number of amides is 1. The number of aromatic nitrogens is 4. The van der Waals surface area contributed by atoms with E-state index < -0.39 is 5.54 Å². The molecule has 0 unspecified atom stereocenters. The molecule has 8 nitrogen and oxygen atoms in total. The number of carbonyl (C=O) groups is 1. The number of hydrogen-bond donors (Lipinski definition) is 2. The molecule has 1 aromatic carbocycles. The van der Waals surface area contributed by atoms with Crippen LogP contribution in [-0.4, -0.2) is 51.5 Å². The van der Waals surface area contributed by atoms with E-state index in [-0.39, 0.29) is 5.91 Å². The molecule has 1 aliphatic rings. The second-order valence-electron chi connectivity index (χ2n) is 7.82. The summed E-state index contributed by atoms with van der Waals surface area (Å²) in [5.41, 5.74) is 7.53. The van der Waals surface area contributed by atoms with E-state index in [1.54, 1.807) is 18.3 Å². The maximum atomic E-state index is 13.3. The summed E-state index contributed by atoms with van der Waals surface area (Å²) in [5, 5.41) is 3.77. The minimum Gasteiger partial charge on any atom is -0.356 e.